The highest BCUT2D eigenvalue weighted by Gasteiger charge is 2.43. The first-order valence-electron chi connectivity index (χ1n) is 11.6. The predicted molar refractivity (Wildman–Crippen MR) is 124 cm³/mol. The van der Waals surface area contributed by atoms with Crippen LogP contribution in [0.4, 0.5) is 30.7 Å². The maximum atomic E-state index is 15.2. The van der Waals surface area contributed by atoms with Crippen molar-refractivity contribution in [2.45, 2.75) is 57.9 Å². The number of ether oxygens (including phenoxy) is 2. The standard InChI is InChI=1S/C27H25F7O3/c1-2-3-4-5-6-7-17-8-10-18(11-9-17)23-22(35)16-21(28)24(25(23)29)26(30,31)36-19-12-14-20(15-13-19)37-27(32,33)34/h8-16,35H,2-7H2,1H3. The molecule has 0 saturated carbocycles. The van der Waals surface area contributed by atoms with Crippen molar-refractivity contribution in [1.29, 1.82) is 0 Å². The second-order valence-electron chi connectivity index (χ2n) is 8.44. The number of hydrogen-bond acceptors (Lipinski definition) is 3. The minimum absolute atomic E-state index is 0.0513. The summed E-state index contributed by atoms with van der Waals surface area (Å²) in [6.07, 6.45) is -3.39. The molecular formula is C27H25F7O3. The monoisotopic (exact) mass is 530 g/mol. The lowest BCUT2D eigenvalue weighted by molar-refractivity contribution is -0.274. The van der Waals surface area contributed by atoms with Gasteiger partial charge in [-0.25, -0.2) is 8.78 Å². The molecule has 37 heavy (non-hydrogen) atoms. The third kappa shape index (κ3) is 7.53. The van der Waals surface area contributed by atoms with E-state index in [1.165, 1.54) is 12.1 Å². The number of aryl methyl sites for hydroxylation is 1. The third-order valence-electron chi connectivity index (χ3n) is 5.60. The lowest BCUT2D eigenvalue weighted by Crippen LogP contribution is -2.25. The highest BCUT2D eigenvalue weighted by Crippen LogP contribution is 2.42. The lowest BCUT2D eigenvalue weighted by Gasteiger charge is -2.21. The first-order valence-corrected chi connectivity index (χ1v) is 11.6. The number of rotatable bonds is 11. The predicted octanol–water partition coefficient (Wildman–Crippen LogP) is 8.88. The van der Waals surface area contributed by atoms with E-state index in [1.54, 1.807) is 12.1 Å². The maximum Gasteiger partial charge on any atom is 0.573 e. The molecule has 0 atom stereocenters. The number of hydrogen-bond donors (Lipinski definition) is 1. The van der Waals surface area contributed by atoms with E-state index in [0.29, 0.717) is 18.2 Å². The summed E-state index contributed by atoms with van der Waals surface area (Å²) in [7, 11) is 0. The van der Waals surface area contributed by atoms with Crippen molar-refractivity contribution < 1.29 is 45.3 Å². The van der Waals surface area contributed by atoms with Crippen molar-refractivity contribution in [3.63, 3.8) is 0 Å². The van der Waals surface area contributed by atoms with E-state index in [-0.39, 0.29) is 5.56 Å². The van der Waals surface area contributed by atoms with Crippen LogP contribution in [0.5, 0.6) is 17.2 Å². The molecule has 0 saturated heterocycles. The van der Waals surface area contributed by atoms with Crippen molar-refractivity contribution in [3.05, 3.63) is 77.4 Å². The van der Waals surface area contributed by atoms with Crippen molar-refractivity contribution in [1.82, 2.24) is 0 Å². The molecule has 0 amide bonds. The van der Waals surface area contributed by atoms with Crippen LogP contribution in [0.1, 0.15) is 50.2 Å². The molecular weight excluding hydrogens is 505 g/mol. The topological polar surface area (TPSA) is 38.7 Å². The number of halogens is 7. The minimum atomic E-state index is -4.99. The lowest BCUT2D eigenvalue weighted by atomic mass is 9.97. The smallest absolute Gasteiger partial charge is 0.507 e. The SMILES string of the molecule is CCCCCCCc1ccc(-c2c(O)cc(F)c(C(F)(F)Oc3ccc(OC(F)(F)F)cc3)c2F)cc1. The van der Waals surface area contributed by atoms with Gasteiger partial charge in [-0.1, -0.05) is 56.9 Å². The van der Waals surface area contributed by atoms with Gasteiger partial charge in [-0.3, -0.25) is 0 Å². The van der Waals surface area contributed by atoms with Crippen molar-refractivity contribution in [2.24, 2.45) is 0 Å². The summed E-state index contributed by atoms with van der Waals surface area (Å²) >= 11 is 0. The van der Waals surface area contributed by atoms with Gasteiger partial charge in [0.2, 0.25) is 0 Å². The molecule has 0 aliphatic heterocycles. The van der Waals surface area contributed by atoms with Gasteiger partial charge >= 0.3 is 12.5 Å². The van der Waals surface area contributed by atoms with Crippen LogP contribution in [0.2, 0.25) is 0 Å². The van der Waals surface area contributed by atoms with Crippen LogP contribution in [0.25, 0.3) is 11.1 Å². The number of benzene rings is 3. The average molecular weight is 530 g/mol. The van der Waals surface area contributed by atoms with Gasteiger partial charge < -0.3 is 14.6 Å². The van der Waals surface area contributed by atoms with Crippen molar-refractivity contribution in [2.75, 3.05) is 0 Å². The Labute approximate surface area is 209 Å². The molecule has 0 aliphatic carbocycles. The van der Waals surface area contributed by atoms with Crippen molar-refractivity contribution in [3.8, 4) is 28.4 Å². The number of phenolic OH excluding ortho intramolecular Hbond substituents is 1. The molecule has 0 heterocycles. The Morgan fingerprint density at radius 1 is 0.757 bits per heavy atom. The summed E-state index contributed by atoms with van der Waals surface area (Å²) in [5, 5.41) is 10.2. The minimum Gasteiger partial charge on any atom is -0.507 e. The van der Waals surface area contributed by atoms with Gasteiger partial charge in [0.05, 0.1) is 5.56 Å². The molecule has 0 aromatic heterocycles. The van der Waals surface area contributed by atoms with E-state index >= 15 is 4.39 Å². The first-order chi connectivity index (χ1) is 17.4. The van der Waals surface area contributed by atoms with E-state index in [0.717, 1.165) is 56.2 Å². The fourth-order valence-corrected chi connectivity index (χ4v) is 3.83. The highest BCUT2D eigenvalue weighted by molar-refractivity contribution is 5.72. The fourth-order valence-electron chi connectivity index (χ4n) is 3.83. The molecule has 200 valence electrons. The summed E-state index contributed by atoms with van der Waals surface area (Å²) < 4.78 is 104. The molecule has 0 radical (unpaired) electrons. The third-order valence-corrected chi connectivity index (χ3v) is 5.60. The zero-order valence-corrected chi connectivity index (χ0v) is 19.8. The van der Waals surface area contributed by atoms with Gasteiger partial charge in [-0.05, 0) is 48.2 Å². The highest BCUT2D eigenvalue weighted by atomic mass is 19.4. The van der Waals surface area contributed by atoms with Gasteiger partial charge in [-0.2, -0.15) is 8.78 Å². The number of phenols is 1. The number of aromatic hydroxyl groups is 1. The van der Waals surface area contributed by atoms with Crippen LogP contribution in [0.3, 0.4) is 0 Å². The molecule has 0 spiro atoms. The van der Waals surface area contributed by atoms with Crippen LogP contribution in [0.15, 0.2) is 54.6 Å². The Balaban J connectivity index is 1.83. The maximum absolute atomic E-state index is 15.2. The fraction of sp³-hybridized carbons (Fsp3) is 0.333. The van der Waals surface area contributed by atoms with E-state index in [4.69, 9.17) is 0 Å². The van der Waals surface area contributed by atoms with Crippen LogP contribution < -0.4 is 9.47 Å². The van der Waals surface area contributed by atoms with Gasteiger partial charge in [0.15, 0.2) is 5.82 Å². The van der Waals surface area contributed by atoms with Gasteiger partial charge in [0.25, 0.3) is 0 Å². The second-order valence-corrected chi connectivity index (χ2v) is 8.44. The summed E-state index contributed by atoms with van der Waals surface area (Å²) in [5.74, 6) is -5.74. The van der Waals surface area contributed by atoms with Crippen LogP contribution >= 0.6 is 0 Å². The number of unbranched alkanes of at least 4 members (excludes halogenated alkanes) is 4. The Morgan fingerprint density at radius 2 is 1.32 bits per heavy atom. The quantitative estimate of drug-likeness (QED) is 0.199. The van der Waals surface area contributed by atoms with E-state index < -0.39 is 52.5 Å². The Morgan fingerprint density at radius 3 is 1.89 bits per heavy atom. The summed E-state index contributed by atoms with van der Waals surface area (Å²) in [4.78, 5) is 0. The van der Waals surface area contributed by atoms with E-state index in [2.05, 4.69) is 16.4 Å². The van der Waals surface area contributed by atoms with Gasteiger partial charge in [0, 0.05) is 6.07 Å². The zero-order chi connectivity index (χ0) is 27.2. The average Bonchev–Trinajstić information content (AvgIpc) is 2.79. The number of alkyl halides is 5. The molecule has 1 N–H and O–H groups in total. The molecule has 3 nitrogen and oxygen atoms in total. The second kappa shape index (κ2) is 11.7. The molecule has 0 aliphatic rings. The zero-order valence-electron chi connectivity index (χ0n) is 19.8. The van der Waals surface area contributed by atoms with E-state index in [9.17, 15) is 31.4 Å². The van der Waals surface area contributed by atoms with Gasteiger partial charge in [-0.15, -0.1) is 13.2 Å². The molecule has 0 fully saturated rings. The first kappa shape index (κ1) is 28.1. The summed E-state index contributed by atoms with van der Waals surface area (Å²) in [6, 6.07) is 9.47. The molecule has 10 heteroatoms. The molecule has 3 aromatic rings. The Bertz CT molecular complexity index is 1170. The van der Waals surface area contributed by atoms with Crippen LogP contribution in [-0.4, -0.2) is 11.5 Å². The molecule has 0 unspecified atom stereocenters. The largest absolute Gasteiger partial charge is 0.573 e. The van der Waals surface area contributed by atoms with Crippen molar-refractivity contribution >= 4 is 0 Å². The normalized spacial score (nSPS) is 12.0. The van der Waals surface area contributed by atoms with Crippen LogP contribution in [0, 0.1) is 11.6 Å². The molecule has 3 aromatic carbocycles. The molecule has 0 bridgehead atoms. The Kier molecular flexibility index (Phi) is 8.94. The summed E-state index contributed by atoms with van der Waals surface area (Å²) in [6.45, 7) is 2.12. The van der Waals surface area contributed by atoms with Gasteiger partial charge in [0.1, 0.15) is 28.6 Å². The summed E-state index contributed by atoms with van der Waals surface area (Å²) in [5.41, 5.74) is -1.40. The molecule has 3 rings (SSSR count). The Hall–Kier alpha value is -3.43. The van der Waals surface area contributed by atoms with E-state index in [1.807, 2.05) is 0 Å². The van der Waals surface area contributed by atoms with Crippen LogP contribution in [-0.2, 0) is 12.5 Å².